The van der Waals surface area contributed by atoms with Gasteiger partial charge in [0.15, 0.2) is 0 Å². The summed E-state index contributed by atoms with van der Waals surface area (Å²) in [6.07, 6.45) is 8.18. The van der Waals surface area contributed by atoms with Crippen LogP contribution in [-0.2, 0) is 0 Å². The van der Waals surface area contributed by atoms with E-state index in [-0.39, 0.29) is 0 Å². The van der Waals surface area contributed by atoms with E-state index in [1.165, 1.54) is 0 Å². The van der Waals surface area contributed by atoms with Crippen molar-refractivity contribution in [2.75, 3.05) is 11.9 Å². The smallest absolute Gasteiger partial charge is 0.126 e. The standard InChI is InChI=1S/C12H15BrN2/c1-3-4-5-6-9-14-12-8-7-11(13)10(2)15-12/h1,7-8H,4-6,9H2,2H3,(H,14,15). The highest BCUT2D eigenvalue weighted by Crippen LogP contribution is 2.16. The Labute approximate surface area is 99.6 Å². The van der Waals surface area contributed by atoms with Gasteiger partial charge in [0, 0.05) is 17.4 Å². The van der Waals surface area contributed by atoms with E-state index in [0.717, 1.165) is 41.8 Å². The second-order valence-electron chi connectivity index (χ2n) is 3.35. The number of nitrogens with one attached hydrogen (secondary N) is 1. The van der Waals surface area contributed by atoms with Crippen LogP contribution in [0.1, 0.15) is 25.0 Å². The fraction of sp³-hybridized carbons (Fsp3) is 0.417. The molecule has 0 amide bonds. The SMILES string of the molecule is C#CCCCCNc1ccc(Br)c(C)n1. The van der Waals surface area contributed by atoms with Crippen molar-refractivity contribution >= 4 is 21.7 Å². The van der Waals surface area contributed by atoms with Crippen molar-refractivity contribution in [2.24, 2.45) is 0 Å². The molecule has 0 saturated heterocycles. The lowest BCUT2D eigenvalue weighted by atomic mass is 10.2. The van der Waals surface area contributed by atoms with Crippen LogP contribution in [0.3, 0.4) is 0 Å². The van der Waals surface area contributed by atoms with E-state index >= 15 is 0 Å². The lowest BCUT2D eigenvalue weighted by Gasteiger charge is -2.06. The Morgan fingerprint density at radius 1 is 1.47 bits per heavy atom. The van der Waals surface area contributed by atoms with Gasteiger partial charge in [-0.2, -0.15) is 0 Å². The van der Waals surface area contributed by atoms with Crippen LogP contribution >= 0.6 is 15.9 Å². The van der Waals surface area contributed by atoms with Gasteiger partial charge in [-0.3, -0.25) is 0 Å². The summed E-state index contributed by atoms with van der Waals surface area (Å²) in [4.78, 5) is 4.39. The van der Waals surface area contributed by atoms with Crippen molar-refractivity contribution in [3.05, 3.63) is 22.3 Å². The van der Waals surface area contributed by atoms with Crippen molar-refractivity contribution in [3.8, 4) is 12.3 Å². The first-order valence-electron chi connectivity index (χ1n) is 5.04. The van der Waals surface area contributed by atoms with Crippen LogP contribution in [0.2, 0.25) is 0 Å². The molecule has 1 rings (SSSR count). The molecule has 1 N–H and O–H groups in total. The van der Waals surface area contributed by atoms with E-state index in [4.69, 9.17) is 6.42 Å². The lowest BCUT2D eigenvalue weighted by Crippen LogP contribution is -2.03. The maximum atomic E-state index is 5.17. The predicted molar refractivity (Wildman–Crippen MR) is 67.8 cm³/mol. The van der Waals surface area contributed by atoms with Gasteiger partial charge in [-0.1, -0.05) is 0 Å². The van der Waals surface area contributed by atoms with Crippen LogP contribution in [0.15, 0.2) is 16.6 Å². The number of terminal acetylenes is 1. The molecule has 0 radical (unpaired) electrons. The van der Waals surface area contributed by atoms with Gasteiger partial charge in [-0.25, -0.2) is 4.98 Å². The summed E-state index contributed by atoms with van der Waals surface area (Å²) < 4.78 is 1.04. The molecule has 15 heavy (non-hydrogen) atoms. The Bertz CT molecular complexity index is 355. The van der Waals surface area contributed by atoms with Crippen LogP contribution in [0.25, 0.3) is 0 Å². The molecular weight excluding hydrogens is 252 g/mol. The summed E-state index contributed by atoms with van der Waals surface area (Å²) in [7, 11) is 0. The Kier molecular flexibility index (Phi) is 5.20. The van der Waals surface area contributed by atoms with Gasteiger partial charge in [0.1, 0.15) is 5.82 Å². The molecule has 0 aromatic carbocycles. The molecule has 0 fully saturated rings. The highest BCUT2D eigenvalue weighted by atomic mass is 79.9. The third-order valence-electron chi connectivity index (χ3n) is 2.08. The summed E-state index contributed by atoms with van der Waals surface area (Å²) in [5.74, 6) is 3.56. The van der Waals surface area contributed by atoms with Gasteiger partial charge in [-0.15, -0.1) is 12.3 Å². The van der Waals surface area contributed by atoms with Crippen molar-refractivity contribution in [1.29, 1.82) is 0 Å². The predicted octanol–water partition coefficient (Wildman–Crippen LogP) is 3.37. The van der Waals surface area contributed by atoms with E-state index < -0.39 is 0 Å². The molecule has 80 valence electrons. The van der Waals surface area contributed by atoms with E-state index in [9.17, 15) is 0 Å². The van der Waals surface area contributed by atoms with Crippen molar-refractivity contribution in [2.45, 2.75) is 26.2 Å². The van der Waals surface area contributed by atoms with Gasteiger partial charge in [0.05, 0.1) is 5.69 Å². The third-order valence-corrected chi connectivity index (χ3v) is 2.91. The zero-order chi connectivity index (χ0) is 11.1. The summed E-state index contributed by atoms with van der Waals surface area (Å²) >= 11 is 3.42. The van der Waals surface area contributed by atoms with Gasteiger partial charge in [-0.05, 0) is 47.8 Å². The fourth-order valence-corrected chi connectivity index (χ4v) is 1.43. The molecule has 0 saturated carbocycles. The third kappa shape index (κ3) is 4.35. The number of pyridine rings is 1. The van der Waals surface area contributed by atoms with Gasteiger partial charge in [0.25, 0.3) is 0 Å². The highest BCUT2D eigenvalue weighted by molar-refractivity contribution is 9.10. The van der Waals surface area contributed by atoms with E-state index in [1.54, 1.807) is 0 Å². The Morgan fingerprint density at radius 3 is 2.93 bits per heavy atom. The Balaban J connectivity index is 2.32. The van der Waals surface area contributed by atoms with Gasteiger partial charge >= 0.3 is 0 Å². The molecule has 1 heterocycles. The van der Waals surface area contributed by atoms with Gasteiger partial charge in [0.2, 0.25) is 0 Å². The minimum atomic E-state index is 0.856. The molecule has 0 aliphatic rings. The second-order valence-corrected chi connectivity index (χ2v) is 4.21. The molecule has 0 bridgehead atoms. The molecule has 2 nitrogen and oxygen atoms in total. The van der Waals surface area contributed by atoms with Crippen LogP contribution in [0.4, 0.5) is 5.82 Å². The largest absolute Gasteiger partial charge is 0.370 e. The van der Waals surface area contributed by atoms with Crippen molar-refractivity contribution in [1.82, 2.24) is 4.98 Å². The number of anilines is 1. The monoisotopic (exact) mass is 266 g/mol. The molecule has 0 aliphatic carbocycles. The maximum Gasteiger partial charge on any atom is 0.126 e. The number of rotatable bonds is 5. The van der Waals surface area contributed by atoms with Crippen LogP contribution in [0.5, 0.6) is 0 Å². The van der Waals surface area contributed by atoms with Crippen molar-refractivity contribution < 1.29 is 0 Å². The van der Waals surface area contributed by atoms with Crippen LogP contribution in [-0.4, -0.2) is 11.5 Å². The first kappa shape index (κ1) is 12.1. The average molecular weight is 267 g/mol. The molecule has 0 unspecified atom stereocenters. The Morgan fingerprint density at radius 2 is 2.27 bits per heavy atom. The number of aromatic nitrogens is 1. The van der Waals surface area contributed by atoms with Gasteiger partial charge < -0.3 is 5.32 Å². The van der Waals surface area contributed by atoms with E-state index in [1.807, 2.05) is 19.1 Å². The molecular formula is C12H15BrN2. The summed E-state index contributed by atoms with van der Waals surface area (Å²) in [5.41, 5.74) is 1.00. The van der Waals surface area contributed by atoms with Crippen LogP contribution in [0, 0.1) is 19.3 Å². The fourth-order valence-electron chi connectivity index (χ4n) is 1.21. The molecule has 1 aromatic rings. The molecule has 0 spiro atoms. The maximum absolute atomic E-state index is 5.17. The average Bonchev–Trinajstić information content (AvgIpc) is 2.23. The van der Waals surface area contributed by atoms with E-state index in [2.05, 4.69) is 32.2 Å². The minimum Gasteiger partial charge on any atom is -0.370 e. The second kappa shape index (κ2) is 6.47. The minimum absolute atomic E-state index is 0.856. The zero-order valence-corrected chi connectivity index (χ0v) is 10.5. The first-order chi connectivity index (χ1) is 7.24. The van der Waals surface area contributed by atoms with Crippen molar-refractivity contribution in [3.63, 3.8) is 0 Å². The number of halogens is 1. The number of nitrogens with zero attached hydrogens (tertiary/aromatic N) is 1. The quantitative estimate of drug-likeness (QED) is 0.653. The Hall–Kier alpha value is -1.01. The normalized spacial score (nSPS) is 9.67. The lowest BCUT2D eigenvalue weighted by molar-refractivity contribution is 0.787. The number of hydrogen-bond acceptors (Lipinski definition) is 2. The number of hydrogen-bond donors (Lipinski definition) is 1. The van der Waals surface area contributed by atoms with E-state index in [0.29, 0.717) is 0 Å². The zero-order valence-electron chi connectivity index (χ0n) is 8.89. The highest BCUT2D eigenvalue weighted by Gasteiger charge is 1.97. The summed E-state index contributed by atoms with van der Waals surface area (Å²) in [6.45, 7) is 2.91. The molecule has 0 aliphatic heterocycles. The molecule has 0 atom stereocenters. The molecule has 3 heteroatoms. The van der Waals surface area contributed by atoms with Crippen LogP contribution < -0.4 is 5.32 Å². The summed E-state index contributed by atoms with van der Waals surface area (Å²) in [6, 6.07) is 3.98. The topological polar surface area (TPSA) is 24.9 Å². The first-order valence-corrected chi connectivity index (χ1v) is 5.84. The molecule has 1 aromatic heterocycles. The summed E-state index contributed by atoms with van der Waals surface area (Å²) in [5, 5.41) is 3.27. The number of unbranched alkanes of at least 4 members (excludes halogenated alkanes) is 2. The number of aryl methyl sites for hydroxylation is 1.